The fourth-order valence-corrected chi connectivity index (χ4v) is 0. The summed E-state index contributed by atoms with van der Waals surface area (Å²) in [6.07, 6.45) is 0. The molecule has 0 aliphatic carbocycles. The minimum atomic E-state index is -0.740. The molecule has 0 fully saturated rings. The van der Waals surface area contributed by atoms with Gasteiger partial charge in [0.2, 0.25) is 0 Å². The van der Waals surface area contributed by atoms with Crippen molar-refractivity contribution < 1.29 is 1.87 Å². The molecule has 0 bridgehead atoms. The van der Waals surface area contributed by atoms with Crippen LogP contribution in [0.4, 0.5) is 0 Å². The van der Waals surface area contributed by atoms with Gasteiger partial charge < -0.3 is 0 Å². The first-order chi connectivity index (χ1) is 2.00. The van der Waals surface area contributed by atoms with Crippen LogP contribution >= 0.6 is 76.1 Å². The van der Waals surface area contributed by atoms with Gasteiger partial charge in [0.05, 0.1) is 0 Å². The molecule has 0 atom stereocenters. The average Bonchev–Trinajstić information content (AvgIpc) is 0.722. The van der Waals surface area contributed by atoms with Crippen molar-refractivity contribution in [1.82, 2.24) is 0 Å². The second-order valence-electron chi connectivity index (χ2n) is 0.258. The van der Waals surface area contributed by atoms with Crippen molar-refractivity contribution >= 4 is 76.1 Å². The summed E-state index contributed by atoms with van der Waals surface area (Å²) in [5, 5.41) is 0. The van der Waals surface area contributed by atoms with Gasteiger partial charge in [-0.05, 0) is 0 Å². The number of halogens is 4. The van der Waals surface area contributed by atoms with E-state index in [2.05, 4.69) is 76.1 Å². The summed E-state index contributed by atoms with van der Waals surface area (Å²) in [5.41, 5.74) is 0. The Balaban J connectivity index is 3.02. The van der Waals surface area contributed by atoms with Crippen LogP contribution in [0.1, 0.15) is 0 Å². The molecule has 0 unspecified atom stereocenters. The summed E-state index contributed by atoms with van der Waals surface area (Å²) in [6.45, 7) is 0. The minimum absolute atomic E-state index is 0.740. The molecule has 0 saturated carbocycles. The van der Waals surface area contributed by atoms with Crippen LogP contribution in [-0.2, 0) is 1.87 Å². The topological polar surface area (TPSA) is 0 Å². The summed E-state index contributed by atoms with van der Waals surface area (Å²) in [5.74, 6) is 0. The molecule has 0 saturated heterocycles. The number of hydrogen-bond acceptors (Lipinski definition) is 0. The first-order valence-corrected chi connectivity index (χ1v) is 18.1. The molecule has 0 heterocycles. The Morgan fingerprint density at radius 3 is 0.800 bits per heavy atom. The van der Waals surface area contributed by atoms with Gasteiger partial charge in [-0.2, -0.15) is 0 Å². The van der Waals surface area contributed by atoms with Crippen LogP contribution in [0.2, 0.25) is 0 Å². The third-order valence-corrected chi connectivity index (χ3v) is 0. The van der Waals surface area contributed by atoms with Gasteiger partial charge in [-0.3, -0.25) is 0 Å². The zero-order valence-electron chi connectivity index (χ0n) is 1.81. The maximum absolute atomic E-state index is 2.48. The average molecular weight is 615 g/mol. The third-order valence-electron chi connectivity index (χ3n) is 0. The Hall–Kier alpha value is 3.66. The van der Waals surface area contributed by atoms with Crippen LogP contribution in [-0.4, -0.2) is 0 Å². The normalized spacial score (nSPS) is 15.2. The second kappa shape index (κ2) is 3.64. The van der Waals surface area contributed by atoms with E-state index in [1.165, 1.54) is 0 Å². The zero-order valence-corrected chi connectivity index (χ0v) is 11.9. The monoisotopic (exact) mass is 615 g/mol. The van der Waals surface area contributed by atoms with E-state index in [9.17, 15) is 0 Å². The Morgan fingerprint density at radius 1 is 0.800 bits per heavy atom. The van der Waals surface area contributed by atoms with E-state index in [4.69, 9.17) is 0 Å². The molecule has 0 aliphatic rings. The van der Waals surface area contributed by atoms with Crippen molar-refractivity contribution in [2.45, 2.75) is 0 Å². The summed E-state index contributed by atoms with van der Waals surface area (Å²) >= 11 is 9.91. The predicted octanol–water partition coefficient (Wildman–Crippen LogP) is 3.54. The van der Waals surface area contributed by atoms with Gasteiger partial charge in [0.15, 0.2) is 0 Å². The van der Waals surface area contributed by atoms with Gasteiger partial charge in [0.1, 0.15) is 0 Å². The Labute approximate surface area is 75.2 Å². The third kappa shape index (κ3) is 18.3. The summed E-state index contributed by atoms with van der Waals surface area (Å²) in [7, 11) is 0. The summed E-state index contributed by atoms with van der Waals surface area (Å²) in [4.78, 5) is 0. The summed E-state index contributed by atoms with van der Waals surface area (Å²) in [6, 6.07) is 0. The van der Waals surface area contributed by atoms with E-state index in [1.807, 2.05) is 0 Å². The number of rotatable bonds is 0. The molecule has 39 valence electrons. The summed E-state index contributed by atoms with van der Waals surface area (Å²) < 4.78 is -0.740. The maximum atomic E-state index is 2.48. The predicted molar refractivity (Wildman–Crippen MR) is 56.1 cm³/mol. The van der Waals surface area contributed by atoms with Gasteiger partial charge in [-0.1, -0.05) is 0 Å². The van der Waals surface area contributed by atoms with E-state index in [1.54, 1.807) is 0 Å². The van der Waals surface area contributed by atoms with Crippen molar-refractivity contribution in [1.29, 1.82) is 0 Å². The molecule has 0 rings (SSSR count). The molecule has 0 aromatic carbocycles. The van der Waals surface area contributed by atoms with E-state index < -0.39 is 1.87 Å². The van der Waals surface area contributed by atoms with E-state index in [0.29, 0.717) is 0 Å². The Bertz CT molecular complexity index is 19.1. The van der Waals surface area contributed by atoms with Gasteiger partial charge >= 0.3 is 78.0 Å². The van der Waals surface area contributed by atoms with E-state index >= 15 is 0 Å². The van der Waals surface area contributed by atoms with Gasteiger partial charge in [0.25, 0.3) is 0 Å². The molecule has 0 aromatic heterocycles. The van der Waals surface area contributed by atoms with Gasteiger partial charge in [0, 0.05) is 0 Å². The molecular formula is AgI4. The van der Waals surface area contributed by atoms with Gasteiger partial charge in [-0.15, -0.1) is 0 Å². The fourth-order valence-electron chi connectivity index (χ4n) is 0. The number of hydrogen-bond donors (Lipinski definition) is 0. The SMILES string of the molecule is [I][Ag]([I])([I])[I]. The molecule has 0 N–H and O–H groups in total. The van der Waals surface area contributed by atoms with Crippen molar-refractivity contribution in [3.63, 3.8) is 0 Å². The van der Waals surface area contributed by atoms with Crippen molar-refractivity contribution in [2.75, 3.05) is 0 Å². The molecule has 0 spiro atoms. The molecular weight excluding hydrogens is 615 g/mol. The molecule has 0 radical (unpaired) electrons. The van der Waals surface area contributed by atoms with Crippen molar-refractivity contribution in [2.24, 2.45) is 0 Å². The van der Waals surface area contributed by atoms with Gasteiger partial charge in [-0.25, -0.2) is 0 Å². The van der Waals surface area contributed by atoms with E-state index in [0.717, 1.165) is 0 Å². The molecule has 0 aromatic rings. The molecule has 5 heavy (non-hydrogen) atoms. The van der Waals surface area contributed by atoms with Crippen molar-refractivity contribution in [3.8, 4) is 0 Å². The van der Waals surface area contributed by atoms with Crippen LogP contribution in [0.3, 0.4) is 0 Å². The molecule has 0 amide bonds. The van der Waals surface area contributed by atoms with Crippen LogP contribution in [0.5, 0.6) is 0 Å². The van der Waals surface area contributed by atoms with Crippen LogP contribution in [0.15, 0.2) is 0 Å². The molecule has 0 aliphatic heterocycles. The zero-order chi connectivity index (χ0) is 4.50. The first kappa shape index (κ1) is 8.66. The fraction of sp³-hybridized carbons (Fsp3) is 0. The molecule has 5 heteroatoms. The quantitative estimate of drug-likeness (QED) is 0.289. The first-order valence-electron chi connectivity index (χ1n) is 0.456. The second-order valence-corrected chi connectivity index (χ2v) is 68.8. The van der Waals surface area contributed by atoms with Crippen molar-refractivity contribution in [3.05, 3.63) is 0 Å². The van der Waals surface area contributed by atoms with E-state index in [-0.39, 0.29) is 0 Å². The Kier molecular flexibility index (Phi) is 6.31. The molecule has 0 nitrogen and oxygen atoms in total. The van der Waals surface area contributed by atoms with Crippen LogP contribution in [0, 0.1) is 0 Å². The van der Waals surface area contributed by atoms with Crippen LogP contribution in [0.25, 0.3) is 0 Å². The van der Waals surface area contributed by atoms with Crippen LogP contribution < -0.4 is 0 Å². The Morgan fingerprint density at radius 2 is 0.800 bits per heavy atom. The standard InChI is InChI=1S/Ag.4HI/h;4*1H/q+4;;;;/p-4.